The zero-order valence-corrected chi connectivity index (χ0v) is 19.8. The van der Waals surface area contributed by atoms with Gasteiger partial charge in [-0.05, 0) is 66.2 Å². The van der Waals surface area contributed by atoms with Crippen molar-refractivity contribution in [1.29, 1.82) is 0 Å². The molecule has 1 fully saturated rings. The van der Waals surface area contributed by atoms with Gasteiger partial charge in [0.25, 0.3) is 5.91 Å². The van der Waals surface area contributed by atoms with Crippen molar-refractivity contribution >= 4 is 80.8 Å². The second-order valence-electron chi connectivity index (χ2n) is 6.59. The molecule has 1 aliphatic rings. The van der Waals surface area contributed by atoms with Crippen LogP contribution in [0.2, 0.25) is 15.1 Å². The summed E-state index contributed by atoms with van der Waals surface area (Å²) in [6.45, 7) is 0.328. The third-order valence-corrected chi connectivity index (χ3v) is 6.44. The Balaban J connectivity index is 1.60. The molecule has 0 aliphatic carbocycles. The first-order valence-corrected chi connectivity index (χ1v) is 11.5. The van der Waals surface area contributed by atoms with Crippen LogP contribution < -0.4 is 9.64 Å². The zero-order valence-electron chi connectivity index (χ0n) is 15.8. The highest BCUT2D eigenvalue weighted by Gasteiger charge is 2.33. The van der Waals surface area contributed by atoms with Crippen molar-refractivity contribution in [2.45, 2.75) is 6.61 Å². The molecule has 3 nitrogen and oxygen atoms in total. The van der Waals surface area contributed by atoms with E-state index in [1.165, 1.54) is 16.7 Å². The van der Waals surface area contributed by atoms with E-state index < -0.39 is 0 Å². The molecule has 1 heterocycles. The van der Waals surface area contributed by atoms with Crippen molar-refractivity contribution in [3.63, 3.8) is 0 Å². The molecule has 0 bridgehead atoms. The number of carbonyl (C=O) groups excluding carboxylic acids is 1. The Morgan fingerprint density at radius 1 is 0.935 bits per heavy atom. The molecule has 156 valence electrons. The van der Waals surface area contributed by atoms with Crippen molar-refractivity contribution in [1.82, 2.24) is 0 Å². The molecule has 0 saturated carbocycles. The number of thioether (sulfide) groups is 1. The fourth-order valence-electron chi connectivity index (χ4n) is 2.97. The number of halogens is 3. The largest absolute Gasteiger partial charge is 0.488 e. The molecule has 0 N–H and O–H groups in total. The molecule has 3 aromatic carbocycles. The zero-order chi connectivity index (χ0) is 22.0. The maximum absolute atomic E-state index is 13.0. The fourth-order valence-corrected chi connectivity index (χ4v) is 4.78. The predicted molar refractivity (Wildman–Crippen MR) is 134 cm³/mol. The molecule has 1 amide bonds. The summed E-state index contributed by atoms with van der Waals surface area (Å²) in [7, 11) is 0. The number of thiocarbonyl (C=S) groups is 1. The molecule has 8 heteroatoms. The first kappa shape index (κ1) is 22.2. The van der Waals surface area contributed by atoms with Crippen molar-refractivity contribution in [3.8, 4) is 5.75 Å². The van der Waals surface area contributed by atoms with Crippen LogP contribution in [0.25, 0.3) is 6.08 Å². The quantitative estimate of drug-likeness (QED) is 0.263. The summed E-state index contributed by atoms with van der Waals surface area (Å²) < 4.78 is 6.43. The number of carbonyl (C=O) groups is 1. The van der Waals surface area contributed by atoms with Crippen LogP contribution in [0.5, 0.6) is 5.75 Å². The van der Waals surface area contributed by atoms with Crippen LogP contribution in [0.15, 0.2) is 71.6 Å². The highest BCUT2D eigenvalue weighted by atomic mass is 35.5. The van der Waals surface area contributed by atoms with E-state index in [1.807, 2.05) is 18.2 Å². The Kier molecular flexibility index (Phi) is 6.89. The number of benzene rings is 3. The minimum atomic E-state index is -0.210. The van der Waals surface area contributed by atoms with Gasteiger partial charge in [0.05, 0.1) is 10.6 Å². The number of rotatable bonds is 5. The molecule has 0 unspecified atom stereocenters. The van der Waals surface area contributed by atoms with Gasteiger partial charge in [-0.2, -0.15) is 0 Å². The first-order chi connectivity index (χ1) is 14.9. The second kappa shape index (κ2) is 9.63. The lowest BCUT2D eigenvalue weighted by atomic mass is 10.1. The molecule has 0 spiro atoms. The summed E-state index contributed by atoms with van der Waals surface area (Å²) in [5, 5.41) is 1.77. The Hall–Kier alpha value is -2.02. The molecule has 0 atom stereocenters. The van der Waals surface area contributed by atoms with Gasteiger partial charge in [0.15, 0.2) is 4.32 Å². The van der Waals surface area contributed by atoms with Crippen LogP contribution in [-0.4, -0.2) is 10.2 Å². The van der Waals surface area contributed by atoms with Gasteiger partial charge in [-0.3, -0.25) is 9.69 Å². The smallest absolute Gasteiger partial charge is 0.270 e. The van der Waals surface area contributed by atoms with Crippen molar-refractivity contribution in [2.75, 3.05) is 4.90 Å². The van der Waals surface area contributed by atoms with E-state index in [1.54, 1.807) is 54.6 Å². The van der Waals surface area contributed by atoms with Gasteiger partial charge >= 0.3 is 0 Å². The summed E-state index contributed by atoms with van der Waals surface area (Å²) in [6, 6.07) is 19.7. The lowest BCUT2D eigenvalue weighted by Gasteiger charge is -2.14. The lowest BCUT2D eigenvalue weighted by molar-refractivity contribution is -0.113. The summed E-state index contributed by atoms with van der Waals surface area (Å²) in [5.41, 5.74) is 2.28. The van der Waals surface area contributed by atoms with E-state index in [0.717, 1.165) is 5.56 Å². The molecule has 4 rings (SSSR count). The number of hydrogen-bond acceptors (Lipinski definition) is 4. The SMILES string of the molecule is O=C1/C(=C/c2cc(Cl)ccc2OCc2cccc(Cl)c2)SC(=S)N1c1ccc(Cl)cc1. The van der Waals surface area contributed by atoms with E-state index in [2.05, 4.69) is 0 Å². The van der Waals surface area contributed by atoms with Gasteiger partial charge in [0.2, 0.25) is 0 Å². The predicted octanol–water partition coefficient (Wildman–Crippen LogP) is 7.63. The van der Waals surface area contributed by atoms with Crippen LogP contribution in [0.3, 0.4) is 0 Å². The number of hydrogen-bond donors (Lipinski definition) is 0. The number of nitrogens with zero attached hydrogens (tertiary/aromatic N) is 1. The standard InChI is InChI=1S/C23H14Cl3NO2S2/c24-16-4-7-19(8-5-16)27-22(28)21(31-23(27)30)12-15-11-18(26)6-9-20(15)29-13-14-2-1-3-17(25)10-14/h1-12H,13H2/b21-12-. The molecular formula is C23H14Cl3NO2S2. The van der Waals surface area contributed by atoms with Crippen LogP contribution >= 0.6 is 58.8 Å². The minimum absolute atomic E-state index is 0.210. The lowest BCUT2D eigenvalue weighted by Crippen LogP contribution is -2.27. The summed E-state index contributed by atoms with van der Waals surface area (Å²) in [5.74, 6) is 0.388. The van der Waals surface area contributed by atoms with Gasteiger partial charge in [-0.1, -0.05) is 70.9 Å². The highest BCUT2D eigenvalue weighted by Crippen LogP contribution is 2.38. The molecule has 3 aromatic rings. The topological polar surface area (TPSA) is 29.5 Å². The second-order valence-corrected chi connectivity index (χ2v) is 9.58. The third kappa shape index (κ3) is 5.25. The monoisotopic (exact) mass is 505 g/mol. The molecule has 1 aliphatic heterocycles. The van der Waals surface area contributed by atoms with E-state index in [0.29, 0.717) is 47.9 Å². The Labute approximate surface area is 204 Å². The Morgan fingerprint density at radius 3 is 2.39 bits per heavy atom. The minimum Gasteiger partial charge on any atom is -0.488 e. The Morgan fingerprint density at radius 2 is 1.65 bits per heavy atom. The molecule has 0 aromatic heterocycles. The first-order valence-electron chi connectivity index (χ1n) is 9.11. The molecule has 1 saturated heterocycles. The normalized spacial score (nSPS) is 15.1. The van der Waals surface area contributed by atoms with E-state index in [4.69, 9.17) is 51.8 Å². The van der Waals surface area contributed by atoms with Crippen molar-refractivity contribution in [3.05, 3.63) is 97.8 Å². The van der Waals surface area contributed by atoms with Crippen molar-refractivity contribution in [2.24, 2.45) is 0 Å². The van der Waals surface area contributed by atoms with Crippen LogP contribution in [0.4, 0.5) is 5.69 Å². The number of anilines is 1. The van der Waals surface area contributed by atoms with Gasteiger partial charge < -0.3 is 4.74 Å². The molecule has 31 heavy (non-hydrogen) atoms. The van der Waals surface area contributed by atoms with Crippen molar-refractivity contribution < 1.29 is 9.53 Å². The van der Waals surface area contributed by atoms with Crippen LogP contribution in [-0.2, 0) is 11.4 Å². The summed E-state index contributed by atoms with van der Waals surface area (Å²) in [6.07, 6.45) is 1.74. The van der Waals surface area contributed by atoms with Gasteiger partial charge in [0, 0.05) is 20.6 Å². The van der Waals surface area contributed by atoms with Gasteiger partial charge in [-0.15, -0.1) is 0 Å². The van der Waals surface area contributed by atoms with Gasteiger partial charge in [0.1, 0.15) is 12.4 Å². The number of ether oxygens (including phenoxy) is 1. The maximum atomic E-state index is 13.0. The highest BCUT2D eigenvalue weighted by molar-refractivity contribution is 8.27. The maximum Gasteiger partial charge on any atom is 0.270 e. The number of amides is 1. The third-order valence-electron chi connectivity index (χ3n) is 4.42. The van der Waals surface area contributed by atoms with Crippen LogP contribution in [0.1, 0.15) is 11.1 Å². The average molecular weight is 507 g/mol. The summed E-state index contributed by atoms with van der Waals surface area (Å²) in [4.78, 5) is 15.0. The summed E-state index contributed by atoms with van der Waals surface area (Å²) >= 11 is 24.9. The average Bonchev–Trinajstić information content (AvgIpc) is 3.01. The van der Waals surface area contributed by atoms with Gasteiger partial charge in [-0.25, -0.2) is 0 Å². The Bertz CT molecular complexity index is 1200. The van der Waals surface area contributed by atoms with E-state index in [-0.39, 0.29) is 5.91 Å². The molecular weight excluding hydrogens is 493 g/mol. The van der Waals surface area contributed by atoms with E-state index in [9.17, 15) is 4.79 Å². The molecule has 0 radical (unpaired) electrons. The van der Waals surface area contributed by atoms with Crippen LogP contribution in [0, 0.1) is 0 Å². The fraction of sp³-hybridized carbons (Fsp3) is 0.0435. The van der Waals surface area contributed by atoms with E-state index >= 15 is 0 Å².